The molecule has 1 fully saturated rings. The van der Waals surface area contributed by atoms with Gasteiger partial charge < -0.3 is 20.7 Å². The number of ether oxygens (including phenoxy) is 1. The number of nitrogens with one attached hydrogen (secondary N) is 1. The van der Waals surface area contributed by atoms with E-state index in [2.05, 4.69) is 15.6 Å². The molecule has 7 nitrogen and oxygen atoms in total. The van der Waals surface area contributed by atoms with Crippen molar-refractivity contribution in [2.24, 2.45) is 5.73 Å². The summed E-state index contributed by atoms with van der Waals surface area (Å²) in [4.78, 5) is 1.97. The average Bonchev–Trinajstić information content (AvgIpc) is 3.02. The van der Waals surface area contributed by atoms with Crippen molar-refractivity contribution in [1.29, 1.82) is 0 Å². The van der Waals surface area contributed by atoms with Crippen molar-refractivity contribution in [3.63, 3.8) is 0 Å². The van der Waals surface area contributed by atoms with Crippen LogP contribution in [0.1, 0.15) is 5.69 Å². The van der Waals surface area contributed by atoms with Crippen LogP contribution in [0.15, 0.2) is 24.4 Å². The summed E-state index contributed by atoms with van der Waals surface area (Å²) in [6.07, 6.45) is 1.70. The molecule has 9 heteroatoms. The molecule has 3 N–H and O–H groups in total. The van der Waals surface area contributed by atoms with Gasteiger partial charge >= 0.3 is 0 Å². The predicted molar refractivity (Wildman–Crippen MR) is 88.0 cm³/mol. The Morgan fingerprint density at radius 3 is 2.87 bits per heavy atom. The van der Waals surface area contributed by atoms with Crippen LogP contribution in [0.25, 0.3) is 5.69 Å². The lowest BCUT2D eigenvalue weighted by Crippen LogP contribution is -2.36. The molecule has 1 aliphatic heterocycles. The number of nitrogens with two attached hydrogens (primary N) is 1. The van der Waals surface area contributed by atoms with Crippen LogP contribution < -0.4 is 16.0 Å². The zero-order valence-corrected chi connectivity index (χ0v) is 13.2. The third-order valence-electron chi connectivity index (χ3n) is 3.53. The highest BCUT2D eigenvalue weighted by atomic mass is 32.1. The highest BCUT2D eigenvalue weighted by Gasteiger charge is 2.16. The maximum Gasteiger partial charge on any atom is 0.163 e. The van der Waals surface area contributed by atoms with E-state index in [0.29, 0.717) is 49.9 Å². The van der Waals surface area contributed by atoms with E-state index in [-0.39, 0.29) is 10.9 Å². The molecule has 23 heavy (non-hydrogen) atoms. The molecule has 2 heterocycles. The van der Waals surface area contributed by atoms with Gasteiger partial charge in [0, 0.05) is 19.2 Å². The largest absolute Gasteiger partial charge is 0.378 e. The Bertz CT molecular complexity index is 700. The van der Waals surface area contributed by atoms with Crippen LogP contribution in [0, 0.1) is 5.82 Å². The molecule has 122 valence electrons. The van der Waals surface area contributed by atoms with Gasteiger partial charge in [-0.25, -0.2) is 9.07 Å². The van der Waals surface area contributed by atoms with Crippen molar-refractivity contribution in [2.45, 2.75) is 6.54 Å². The van der Waals surface area contributed by atoms with Gasteiger partial charge in [-0.15, -0.1) is 5.10 Å². The zero-order valence-electron chi connectivity index (χ0n) is 12.4. The average molecular weight is 336 g/mol. The molecule has 0 atom stereocenters. The van der Waals surface area contributed by atoms with Crippen molar-refractivity contribution < 1.29 is 9.13 Å². The lowest BCUT2D eigenvalue weighted by molar-refractivity contribution is 0.122. The highest BCUT2D eigenvalue weighted by Crippen LogP contribution is 2.23. The first-order chi connectivity index (χ1) is 11.1. The molecule has 0 aliphatic carbocycles. The van der Waals surface area contributed by atoms with Crippen LogP contribution in [0.4, 0.5) is 10.1 Å². The summed E-state index contributed by atoms with van der Waals surface area (Å²) in [6.45, 7) is 2.99. The van der Waals surface area contributed by atoms with Gasteiger partial charge in [0.05, 0.1) is 37.3 Å². The number of rotatable bonds is 4. The number of anilines is 1. The Balaban J connectivity index is 1.75. The normalized spacial score (nSPS) is 14.7. The van der Waals surface area contributed by atoms with Crippen molar-refractivity contribution in [3.8, 4) is 5.69 Å². The van der Waals surface area contributed by atoms with Gasteiger partial charge in [0.15, 0.2) is 5.11 Å². The SMILES string of the molecule is NC(=S)NCc1cn(-c2ccc(N3CCOCC3)c(F)c2)nn1. The summed E-state index contributed by atoms with van der Waals surface area (Å²) < 4.78 is 21.2. The van der Waals surface area contributed by atoms with E-state index in [9.17, 15) is 4.39 Å². The second kappa shape index (κ2) is 6.88. The molecule has 0 amide bonds. The molecule has 0 unspecified atom stereocenters. The second-order valence-electron chi connectivity index (χ2n) is 5.11. The van der Waals surface area contributed by atoms with Crippen LogP contribution in [0.2, 0.25) is 0 Å². The topological polar surface area (TPSA) is 81.2 Å². The summed E-state index contributed by atoms with van der Waals surface area (Å²) in [5, 5.41) is 11.0. The molecular weight excluding hydrogens is 319 g/mol. The van der Waals surface area contributed by atoms with Gasteiger partial charge in [0.25, 0.3) is 0 Å². The fourth-order valence-electron chi connectivity index (χ4n) is 2.38. The van der Waals surface area contributed by atoms with E-state index in [1.54, 1.807) is 12.3 Å². The number of halogens is 1. The summed E-state index contributed by atoms with van der Waals surface area (Å²) in [5.74, 6) is -0.289. The fourth-order valence-corrected chi connectivity index (χ4v) is 2.45. The van der Waals surface area contributed by atoms with Crippen molar-refractivity contribution in [3.05, 3.63) is 35.9 Å². The smallest absolute Gasteiger partial charge is 0.163 e. The van der Waals surface area contributed by atoms with Gasteiger partial charge in [-0.2, -0.15) is 0 Å². The van der Waals surface area contributed by atoms with Gasteiger partial charge in [-0.1, -0.05) is 5.21 Å². The molecule has 0 saturated carbocycles. The Labute approximate surface area is 138 Å². The number of nitrogens with zero attached hydrogens (tertiary/aromatic N) is 4. The van der Waals surface area contributed by atoms with Crippen LogP contribution in [0.5, 0.6) is 0 Å². The lowest BCUT2D eigenvalue weighted by atomic mass is 10.2. The van der Waals surface area contributed by atoms with E-state index in [1.165, 1.54) is 10.7 Å². The molecule has 0 radical (unpaired) electrons. The van der Waals surface area contributed by atoms with E-state index in [0.717, 1.165) is 0 Å². The summed E-state index contributed by atoms with van der Waals surface area (Å²) >= 11 is 4.74. The van der Waals surface area contributed by atoms with Crippen molar-refractivity contribution >= 4 is 23.0 Å². The molecule has 2 aromatic rings. The molecule has 3 rings (SSSR count). The predicted octanol–water partition coefficient (Wildman–Crippen LogP) is 0.576. The third kappa shape index (κ3) is 3.74. The van der Waals surface area contributed by atoms with Crippen LogP contribution >= 0.6 is 12.2 Å². The van der Waals surface area contributed by atoms with Gasteiger partial charge in [-0.05, 0) is 24.4 Å². The van der Waals surface area contributed by atoms with E-state index >= 15 is 0 Å². The Morgan fingerprint density at radius 1 is 1.39 bits per heavy atom. The van der Waals surface area contributed by atoms with Crippen LogP contribution in [0.3, 0.4) is 0 Å². The minimum Gasteiger partial charge on any atom is -0.378 e. The maximum atomic E-state index is 14.4. The molecule has 1 saturated heterocycles. The van der Waals surface area contributed by atoms with Crippen molar-refractivity contribution in [2.75, 3.05) is 31.2 Å². The standard InChI is InChI=1S/C14H17FN6OS/c15-12-7-11(1-2-13(12)20-3-5-22-6-4-20)21-9-10(18-19-21)8-17-14(16)23/h1-2,7,9H,3-6,8H2,(H3,16,17,23). The Hall–Kier alpha value is -2.26. The number of benzene rings is 1. The van der Waals surface area contributed by atoms with Crippen LogP contribution in [-0.4, -0.2) is 46.4 Å². The third-order valence-corrected chi connectivity index (χ3v) is 3.68. The molecular formula is C14H17FN6OS. The number of morpholine rings is 1. The zero-order chi connectivity index (χ0) is 16.2. The summed E-state index contributed by atoms with van der Waals surface area (Å²) in [7, 11) is 0. The van der Waals surface area contributed by atoms with E-state index in [4.69, 9.17) is 22.7 Å². The first kappa shape index (κ1) is 15.6. The number of hydrogen-bond donors (Lipinski definition) is 2. The Kier molecular flexibility index (Phi) is 4.68. The van der Waals surface area contributed by atoms with Gasteiger partial charge in [-0.3, -0.25) is 0 Å². The lowest BCUT2D eigenvalue weighted by Gasteiger charge is -2.29. The van der Waals surface area contributed by atoms with Crippen molar-refractivity contribution in [1.82, 2.24) is 20.3 Å². The number of thiocarbonyl (C=S) groups is 1. The molecule has 1 aromatic heterocycles. The quantitative estimate of drug-likeness (QED) is 0.790. The second-order valence-corrected chi connectivity index (χ2v) is 5.55. The molecule has 1 aromatic carbocycles. The summed E-state index contributed by atoms with van der Waals surface area (Å²) in [5.41, 5.74) is 7.21. The number of hydrogen-bond acceptors (Lipinski definition) is 5. The molecule has 0 spiro atoms. The monoisotopic (exact) mass is 336 g/mol. The Morgan fingerprint density at radius 2 is 2.17 bits per heavy atom. The molecule has 0 bridgehead atoms. The number of aromatic nitrogens is 3. The maximum absolute atomic E-state index is 14.4. The van der Waals surface area contributed by atoms with Gasteiger partial charge in [0.1, 0.15) is 11.5 Å². The highest BCUT2D eigenvalue weighted by molar-refractivity contribution is 7.80. The molecule has 1 aliphatic rings. The van der Waals surface area contributed by atoms with E-state index in [1.807, 2.05) is 11.0 Å². The van der Waals surface area contributed by atoms with Gasteiger partial charge in [0.2, 0.25) is 0 Å². The minimum absolute atomic E-state index is 0.195. The fraction of sp³-hybridized carbons (Fsp3) is 0.357. The first-order valence-electron chi connectivity index (χ1n) is 7.20. The van der Waals surface area contributed by atoms with E-state index < -0.39 is 0 Å². The van der Waals surface area contributed by atoms with Crippen LogP contribution in [-0.2, 0) is 11.3 Å². The summed E-state index contributed by atoms with van der Waals surface area (Å²) in [6, 6.07) is 5.02. The first-order valence-corrected chi connectivity index (χ1v) is 7.61. The minimum atomic E-state index is -0.289.